The predicted molar refractivity (Wildman–Crippen MR) is 102 cm³/mol. The maximum Gasteiger partial charge on any atom is 0.225 e. The number of nitrogens with zero attached hydrogens (tertiary/aromatic N) is 1. The maximum atomic E-state index is 12.5. The van der Waals surface area contributed by atoms with E-state index in [1.54, 1.807) is 7.11 Å². The summed E-state index contributed by atoms with van der Waals surface area (Å²) in [5, 5.41) is 10.6. The van der Waals surface area contributed by atoms with Gasteiger partial charge < -0.3 is 14.7 Å². The van der Waals surface area contributed by atoms with Gasteiger partial charge in [0.2, 0.25) is 5.91 Å². The van der Waals surface area contributed by atoms with Crippen molar-refractivity contribution in [2.75, 3.05) is 20.2 Å². The van der Waals surface area contributed by atoms with E-state index in [9.17, 15) is 9.90 Å². The third-order valence-electron chi connectivity index (χ3n) is 6.78. The molecule has 3 aliphatic rings. The minimum absolute atomic E-state index is 0.0364. The van der Waals surface area contributed by atoms with Gasteiger partial charge in [0.25, 0.3) is 0 Å². The molecule has 2 aliphatic carbocycles. The summed E-state index contributed by atoms with van der Waals surface area (Å²) in [4.78, 5) is 14.5. The summed E-state index contributed by atoms with van der Waals surface area (Å²) in [7, 11) is 1.66. The predicted octanol–water partition coefficient (Wildman–Crippen LogP) is 4.00. The van der Waals surface area contributed by atoms with Crippen LogP contribution in [0.1, 0.15) is 56.9 Å². The van der Waals surface area contributed by atoms with Gasteiger partial charge in [-0.25, -0.2) is 0 Å². The molecule has 0 bridgehead atoms. The Balaban J connectivity index is 1.32. The molecule has 4 rings (SSSR count). The molecule has 26 heavy (non-hydrogen) atoms. The first-order valence-corrected chi connectivity index (χ1v) is 10.0. The van der Waals surface area contributed by atoms with E-state index in [0.29, 0.717) is 24.2 Å². The molecule has 5 heteroatoms. The van der Waals surface area contributed by atoms with E-state index in [1.165, 1.54) is 5.56 Å². The lowest BCUT2D eigenvalue weighted by Crippen LogP contribution is -2.62. The van der Waals surface area contributed by atoms with Crippen molar-refractivity contribution in [3.8, 4) is 5.75 Å². The van der Waals surface area contributed by atoms with Gasteiger partial charge in [-0.05, 0) is 63.0 Å². The molecule has 1 aliphatic heterocycles. The molecular weight excluding hydrogens is 350 g/mol. The molecule has 0 aromatic heterocycles. The molecule has 0 radical (unpaired) electrons. The Kier molecular flexibility index (Phi) is 4.47. The molecule has 4 nitrogen and oxygen atoms in total. The van der Waals surface area contributed by atoms with Gasteiger partial charge in [-0.3, -0.25) is 4.79 Å². The zero-order chi connectivity index (χ0) is 18.5. The van der Waals surface area contributed by atoms with E-state index in [1.807, 2.05) is 24.0 Å². The number of hydrogen-bond donors (Lipinski definition) is 1. The monoisotopic (exact) mass is 377 g/mol. The van der Waals surface area contributed by atoms with Crippen LogP contribution in [0.2, 0.25) is 5.02 Å². The number of hydrogen-bond acceptors (Lipinski definition) is 3. The second-order valence-corrected chi connectivity index (χ2v) is 9.31. The summed E-state index contributed by atoms with van der Waals surface area (Å²) in [6, 6.07) is 6.04. The number of likely N-dealkylation sites (tertiary alicyclic amines) is 1. The lowest BCUT2D eigenvalue weighted by Gasteiger charge is -2.55. The Bertz CT molecular complexity index is 693. The van der Waals surface area contributed by atoms with Crippen LogP contribution in [-0.4, -0.2) is 41.7 Å². The highest BCUT2D eigenvalue weighted by Crippen LogP contribution is 2.51. The minimum Gasteiger partial charge on any atom is -0.495 e. The standard InChI is InChI=1S/C21H28ClNO3/c1-20(25)10-15(11-20)19(24)23-12-21(13-23)8-6-14(7-9-21)16-4-3-5-17(26-2)18(16)22/h3-5,14-15,25H,6-13H2,1-2H3. The molecule has 1 heterocycles. The lowest BCUT2D eigenvalue weighted by atomic mass is 9.63. The van der Waals surface area contributed by atoms with Crippen LogP contribution in [-0.2, 0) is 4.79 Å². The first-order valence-electron chi connectivity index (χ1n) is 9.66. The number of benzene rings is 1. The molecule has 1 aromatic rings. The molecule has 1 aromatic carbocycles. The number of amides is 1. The molecule has 2 saturated carbocycles. The second kappa shape index (κ2) is 6.42. The zero-order valence-electron chi connectivity index (χ0n) is 15.6. The van der Waals surface area contributed by atoms with Gasteiger partial charge in [-0.1, -0.05) is 23.7 Å². The Hall–Kier alpha value is -1.26. The average molecular weight is 378 g/mol. The zero-order valence-corrected chi connectivity index (χ0v) is 16.4. The topological polar surface area (TPSA) is 49.8 Å². The quantitative estimate of drug-likeness (QED) is 0.866. The number of rotatable bonds is 3. The SMILES string of the molecule is COc1cccc(C2CCC3(CC2)CN(C(=O)C2CC(C)(O)C2)C3)c1Cl. The van der Waals surface area contributed by atoms with Crippen LogP contribution < -0.4 is 4.74 Å². The molecule has 1 amide bonds. The third kappa shape index (κ3) is 3.11. The fourth-order valence-corrected chi connectivity index (χ4v) is 5.57. The summed E-state index contributed by atoms with van der Waals surface area (Å²) >= 11 is 6.51. The highest BCUT2D eigenvalue weighted by atomic mass is 35.5. The summed E-state index contributed by atoms with van der Waals surface area (Å²) < 4.78 is 5.35. The van der Waals surface area contributed by atoms with Crippen molar-refractivity contribution in [3.63, 3.8) is 0 Å². The van der Waals surface area contributed by atoms with Crippen LogP contribution in [0.15, 0.2) is 18.2 Å². The second-order valence-electron chi connectivity index (χ2n) is 8.93. The third-order valence-corrected chi connectivity index (χ3v) is 7.19. The number of halogens is 1. The van der Waals surface area contributed by atoms with Crippen LogP contribution in [0.25, 0.3) is 0 Å². The molecule has 1 spiro atoms. The molecule has 0 atom stereocenters. The number of carbonyl (C=O) groups excluding carboxylic acids is 1. The van der Waals surface area contributed by atoms with Crippen molar-refractivity contribution in [1.29, 1.82) is 0 Å². The maximum absolute atomic E-state index is 12.5. The summed E-state index contributed by atoms with van der Waals surface area (Å²) in [5.41, 5.74) is 0.880. The van der Waals surface area contributed by atoms with E-state index in [0.717, 1.165) is 49.5 Å². The normalized spacial score (nSPS) is 30.6. The van der Waals surface area contributed by atoms with E-state index < -0.39 is 5.60 Å². The van der Waals surface area contributed by atoms with Crippen molar-refractivity contribution in [3.05, 3.63) is 28.8 Å². The lowest BCUT2D eigenvalue weighted by molar-refractivity contribution is -0.163. The Morgan fingerprint density at radius 2 is 1.92 bits per heavy atom. The number of methoxy groups -OCH3 is 1. The van der Waals surface area contributed by atoms with Crippen molar-refractivity contribution >= 4 is 17.5 Å². The highest BCUT2D eigenvalue weighted by Gasteiger charge is 2.51. The van der Waals surface area contributed by atoms with Crippen LogP contribution in [0.4, 0.5) is 0 Å². The van der Waals surface area contributed by atoms with Crippen molar-refractivity contribution in [1.82, 2.24) is 4.90 Å². The largest absolute Gasteiger partial charge is 0.495 e. The van der Waals surface area contributed by atoms with Crippen LogP contribution in [0, 0.1) is 11.3 Å². The first-order chi connectivity index (χ1) is 12.3. The summed E-state index contributed by atoms with van der Waals surface area (Å²) in [6.45, 7) is 3.60. The van der Waals surface area contributed by atoms with Gasteiger partial charge in [0.15, 0.2) is 0 Å². The fraction of sp³-hybridized carbons (Fsp3) is 0.667. The van der Waals surface area contributed by atoms with Gasteiger partial charge in [-0.2, -0.15) is 0 Å². The smallest absolute Gasteiger partial charge is 0.225 e. The average Bonchev–Trinajstić information content (AvgIpc) is 2.57. The highest BCUT2D eigenvalue weighted by molar-refractivity contribution is 6.32. The number of aliphatic hydroxyl groups is 1. The van der Waals surface area contributed by atoms with Crippen LogP contribution in [0.3, 0.4) is 0 Å². The summed E-state index contributed by atoms with van der Waals surface area (Å²) in [5.74, 6) is 1.52. The van der Waals surface area contributed by atoms with Gasteiger partial charge in [0.1, 0.15) is 5.75 Å². The van der Waals surface area contributed by atoms with Gasteiger partial charge in [0.05, 0.1) is 17.7 Å². The van der Waals surface area contributed by atoms with E-state index in [4.69, 9.17) is 16.3 Å². The Labute approximate surface area is 160 Å². The minimum atomic E-state index is -0.628. The number of carbonyl (C=O) groups is 1. The Morgan fingerprint density at radius 1 is 1.27 bits per heavy atom. The number of ether oxygens (including phenoxy) is 1. The molecule has 3 fully saturated rings. The molecular formula is C21H28ClNO3. The Morgan fingerprint density at radius 3 is 2.50 bits per heavy atom. The van der Waals surface area contributed by atoms with Gasteiger partial charge in [-0.15, -0.1) is 0 Å². The van der Waals surface area contributed by atoms with Crippen molar-refractivity contribution < 1.29 is 14.6 Å². The van der Waals surface area contributed by atoms with E-state index >= 15 is 0 Å². The van der Waals surface area contributed by atoms with Gasteiger partial charge in [0, 0.05) is 24.4 Å². The summed E-state index contributed by atoms with van der Waals surface area (Å²) in [6.07, 6.45) is 5.77. The molecule has 1 N–H and O–H groups in total. The van der Waals surface area contributed by atoms with Crippen LogP contribution in [0.5, 0.6) is 5.75 Å². The fourth-order valence-electron chi connectivity index (χ4n) is 5.21. The van der Waals surface area contributed by atoms with Crippen LogP contribution >= 0.6 is 11.6 Å². The van der Waals surface area contributed by atoms with Crippen molar-refractivity contribution in [2.45, 2.75) is 57.0 Å². The van der Waals surface area contributed by atoms with Crippen molar-refractivity contribution in [2.24, 2.45) is 11.3 Å². The van der Waals surface area contributed by atoms with Gasteiger partial charge >= 0.3 is 0 Å². The van der Waals surface area contributed by atoms with E-state index in [2.05, 4.69) is 6.07 Å². The molecule has 142 valence electrons. The molecule has 1 saturated heterocycles. The first kappa shape index (κ1) is 18.1. The van der Waals surface area contributed by atoms with E-state index in [-0.39, 0.29) is 11.8 Å². The molecule has 0 unspecified atom stereocenters.